The average molecular weight is 189 g/mol. The maximum Gasteiger partial charge on any atom is 0.235 e. The highest BCUT2D eigenvalue weighted by atomic mass is 16.1. The molecule has 3 rings (SSSR count). The monoisotopic (exact) mass is 189 g/mol. The summed E-state index contributed by atoms with van der Waals surface area (Å²) in [7, 11) is 0. The largest absolute Gasteiger partial charge is 0.282 e. The van der Waals surface area contributed by atoms with Crippen LogP contribution >= 0.6 is 0 Å². The summed E-state index contributed by atoms with van der Waals surface area (Å²) in [6.07, 6.45) is 6.92. The second-order valence-corrected chi connectivity index (χ2v) is 4.12. The number of rotatable bonds is 2. The number of aryl methyl sites for hydroxylation is 1. The molecule has 2 aliphatic carbocycles. The van der Waals surface area contributed by atoms with Crippen LogP contribution in [0.3, 0.4) is 0 Å². The van der Waals surface area contributed by atoms with Gasteiger partial charge in [0, 0.05) is 5.69 Å². The minimum atomic E-state index is -0.295. The highest BCUT2D eigenvalue weighted by Gasteiger charge is 2.49. The van der Waals surface area contributed by atoms with E-state index in [0.29, 0.717) is 0 Å². The number of nitrogens with zero attached hydrogens (tertiary/aromatic N) is 2. The van der Waals surface area contributed by atoms with E-state index < -0.39 is 0 Å². The SMILES string of the molecule is O=C=NC1(c2n[nH]c3c2CCC3)CC1. The first-order valence-electron chi connectivity index (χ1n) is 5.01. The minimum Gasteiger partial charge on any atom is -0.282 e. The van der Waals surface area contributed by atoms with Crippen molar-refractivity contribution in [3.05, 3.63) is 17.0 Å². The van der Waals surface area contributed by atoms with Gasteiger partial charge in [-0.15, -0.1) is 0 Å². The number of H-pyrrole nitrogens is 1. The molecule has 0 radical (unpaired) electrons. The Balaban J connectivity index is 2.08. The Hall–Kier alpha value is -1.41. The van der Waals surface area contributed by atoms with Crippen LogP contribution in [0.1, 0.15) is 36.2 Å². The molecular weight excluding hydrogens is 178 g/mol. The molecule has 1 fully saturated rings. The van der Waals surface area contributed by atoms with Crippen molar-refractivity contribution in [1.82, 2.24) is 10.2 Å². The molecule has 2 aliphatic rings. The van der Waals surface area contributed by atoms with Gasteiger partial charge >= 0.3 is 0 Å². The standard InChI is InChI=1S/C10H11N3O/c14-6-11-10(4-5-10)9-7-2-1-3-8(7)12-13-9/h1-5H2,(H,12,13). The van der Waals surface area contributed by atoms with Crippen molar-refractivity contribution < 1.29 is 4.79 Å². The summed E-state index contributed by atoms with van der Waals surface area (Å²) in [5.74, 6) is 0. The Morgan fingerprint density at radius 2 is 2.29 bits per heavy atom. The third-order valence-corrected chi connectivity index (χ3v) is 3.23. The van der Waals surface area contributed by atoms with E-state index >= 15 is 0 Å². The second kappa shape index (κ2) is 2.55. The Kier molecular flexibility index (Phi) is 1.45. The third-order valence-electron chi connectivity index (χ3n) is 3.23. The lowest BCUT2D eigenvalue weighted by atomic mass is 10.1. The number of aromatic nitrogens is 2. The van der Waals surface area contributed by atoms with Crippen molar-refractivity contribution in [2.75, 3.05) is 0 Å². The number of fused-ring (bicyclic) bond motifs is 1. The van der Waals surface area contributed by atoms with Gasteiger partial charge in [-0.3, -0.25) is 5.10 Å². The maximum absolute atomic E-state index is 10.3. The predicted molar refractivity (Wildman–Crippen MR) is 49.6 cm³/mol. The van der Waals surface area contributed by atoms with Crippen molar-refractivity contribution in [3.63, 3.8) is 0 Å². The lowest BCUT2D eigenvalue weighted by molar-refractivity contribution is 0.554. The van der Waals surface area contributed by atoms with Gasteiger partial charge in [0.25, 0.3) is 0 Å². The molecule has 4 nitrogen and oxygen atoms in total. The smallest absolute Gasteiger partial charge is 0.235 e. The molecule has 0 spiro atoms. The van der Waals surface area contributed by atoms with Gasteiger partial charge < -0.3 is 0 Å². The Labute approximate surface area is 81.4 Å². The van der Waals surface area contributed by atoms with Crippen LogP contribution in [0, 0.1) is 0 Å². The zero-order valence-corrected chi connectivity index (χ0v) is 7.84. The molecule has 1 aromatic heterocycles. The summed E-state index contributed by atoms with van der Waals surface area (Å²) in [5, 5.41) is 7.34. The highest BCUT2D eigenvalue weighted by Crippen LogP contribution is 2.50. The molecule has 0 saturated heterocycles. The lowest BCUT2D eigenvalue weighted by Gasteiger charge is -2.04. The van der Waals surface area contributed by atoms with Crippen LogP contribution in [-0.4, -0.2) is 16.3 Å². The predicted octanol–water partition coefficient (Wildman–Crippen LogP) is 1.22. The Morgan fingerprint density at radius 3 is 3.00 bits per heavy atom. The summed E-state index contributed by atoms with van der Waals surface area (Å²) in [6.45, 7) is 0. The highest BCUT2D eigenvalue weighted by molar-refractivity contribution is 5.43. The number of carbonyl (C=O) groups excluding carboxylic acids is 1. The summed E-state index contributed by atoms with van der Waals surface area (Å²) in [5.41, 5.74) is 3.26. The topological polar surface area (TPSA) is 58.1 Å². The number of hydrogen-bond donors (Lipinski definition) is 1. The average Bonchev–Trinajstić information content (AvgIpc) is 2.63. The van der Waals surface area contributed by atoms with E-state index in [1.807, 2.05) is 0 Å². The van der Waals surface area contributed by atoms with E-state index in [-0.39, 0.29) is 5.54 Å². The number of nitrogens with one attached hydrogen (secondary N) is 1. The van der Waals surface area contributed by atoms with E-state index in [1.165, 1.54) is 17.7 Å². The Morgan fingerprint density at radius 1 is 1.43 bits per heavy atom. The quantitative estimate of drug-likeness (QED) is 0.561. The van der Waals surface area contributed by atoms with Crippen LogP contribution in [-0.2, 0) is 23.2 Å². The van der Waals surface area contributed by atoms with E-state index in [0.717, 1.165) is 31.4 Å². The van der Waals surface area contributed by atoms with Crippen LogP contribution in [0.15, 0.2) is 4.99 Å². The molecule has 1 aromatic rings. The van der Waals surface area contributed by atoms with Gasteiger partial charge in [-0.25, -0.2) is 4.79 Å². The van der Waals surface area contributed by atoms with Gasteiger partial charge in [0.15, 0.2) is 0 Å². The van der Waals surface area contributed by atoms with Gasteiger partial charge in [-0.2, -0.15) is 10.1 Å². The molecule has 1 saturated carbocycles. The molecule has 72 valence electrons. The summed E-state index contributed by atoms with van der Waals surface area (Å²) in [6, 6.07) is 0. The van der Waals surface area contributed by atoms with Gasteiger partial charge in [-0.1, -0.05) is 0 Å². The number of isocyanates is 1. The number of aliphatic imine (C=N–C) groups is 1. The normalized spacial score (nSPS) is 21.4. The van der Waals surface area contributed by atoms with E-state index in [2.05, 4.69) is 15.2 Å². The maximum atomic E-state index is 10.3. The lowest BCUT2D eigenvalue weighted by Crippen LogP contribution is -2.05. The molecule has 0 aliphatic heterocycles. The minimum absolute atomic E-state index is 0.295. The molecular formula is C10H11N3O. The molecule has 1 N–H and O–H groups in total. The van der Waals surface area contributed by atoms with Gasteiger partial charge in [0.1, 0.15) is 5.54 Å². The van der Waals surface area contributed by atoms with Gasteiger partial charge in [0.2, 0.25) is 6.08 Å². The van der Waals surface area contributed by atoms with Crippen LogP contribution < -0.4 is 0 Å². The van der Waals surface area contributed by atoms with Crippen molar-refractivity contribution >= 4 is 6.08 Å². The summed E-state index contributed by atoms with van der Waals surface area (Å²) < 4.78 is 0. The zero-order chi connectivity index (χ0) is 9.60. The fourth-order valence-electron chi connectivity index (χ4n) is 2.31. The zero-order valence-electron chi connectivity index (χ0n) is 7.84. The van der Waals surface area contributed by atoms with Crippen LogP contribution in [0.5, 0.6) is 0 Å². The fourth-order valence-corrected chi connectivity index (χ4v) is 2.31. The first-order chi connectivity index (χ1) is 6.86. The molecule has 1 heterocycles. The molecule has 14 heavy (non-hydrogen) atoms. The summed E-state index contributed by atoms with van der Waals surface area (Å²) in [4.78, 5) is 14.2. The fraction of sp³-hybridized carbons (Fsp3) is 0.600. The number of hydrogen-bond acceptors (Lipinski definition) is 3. The first kappa shape index (κ1) is 7.94. The molecule has 0 atom stereocenters. The molecule has 0 unspecified atom stereocenters. The number of aromatic amines is 1. The van der Waals surface area contributed by atoms with Crippen molar-refractivity contribution in [2.45, 2.75) is 37.6 Å². The van der Waals surface area contributed by atoms with Crippen LogP contribution in [0.25, 0.3) is 0 Å². The summed E-state index contributed by atoms with van der Waals surface area (Å²) >= 11 is 0. The van der Waals surface area contributed by atoms with E-state index in [9.17, 15) is 4.79 Å². The second-order valence-electron chi connectivity index (χ2n) is 4.12. The van der Waals surface area contributed by atoms with Gasteiger partial charge in [-0.05, 0) is 37.7 Å². The third kappa shape index (κ3) is 0.917. The molecule has 4 heteroatoms. The van der Waals surface area contributed by atoms with E-state index in [4.69, 9.17) is 0 Å². The van der Waals surface area contributed by atoms with Crippen LogP contribution in [0.2, 0.25) is 0 Å². The van der Waals surface area contributed by atoms with Gasteiger partial charge in [0.05, 0.1) is 5.69 Å². The van der Waals surface area contributed by atoms with Crippen molar-refractivity contribution in [1.29, 1.82) is 0 Å². The Bertz CT molecular complexity index is 425. The van der Waals surface area contributed by atoms with E-state index in [1.54, 1.807) is 6.08 Å². The van der Waals surface area contributed by atoms with Crippen LogP contribution in [0.4, 0.5) is 0 Å². The van der Waals surface area contributed by atoms with Crippen molar-refractivity contribution in [2.24, 2.45) is 4.99 Å². The van der Waals surface area contributed by atoms with Crippen molar-refractivity contribution in [3.8, 4) is 0 Å². The molecule has 0 aromatic carbocycles. The first-order valence-corrected chi connectivity index (χ1v) is 5.01. The molecule has 0 amide bonds. The molecule has 0 bridgehead atoms.